The number of hydrogen-bond donors (Lipinski definition) is 1. The molecule has 0 bridgehead atoms. The molecule has 1 atom stereocenters. The van der Waals surface area contributed by atoms with E-state index in [1.54, 1.807) is 12.1 Å². The molecular weight excluding hydrogens is 521 g/mol. The van der Waals surface area contributed by atoms with Crippen molar-refractivity contribution < 1.29 is 26.3 Å². The smallest absolute Gasteiger partial charge is 0.429 e. The van der Waals surface area contributed by atoms with Crippen molar-refractivity contribution in [1.29, 1.82) is 5.26 Å². The quantitative estimate of drug-likeness (QED) is 0.379. The van der Waals surface area contributed by atoms with Crippen LogP contribution in [0.1, 0.15) is 22.9 Å². The number of nitrogens with one attached hydrogen (secondary N) is 1. The molecule has 0 fully saturated rings. The number of anilines is 1. The summed E-state index contributed by atoms with van der Waals surface area (Å²) in [6.45, 7) is 1.41. The third-order valence-corrected chi connectivity index (χ3v) is 7.04. The van der Waals surface area contributed by atoms with Gasteiger partial charge in [0.1, 0.15) is 10.0 Å². The number of benzene rings is 2. The number of ether oxygens (including phenoxy) is 1. The Kier molecular flexibility index (Phi) is 6.50. The van der Waals surface area contributed by atoms with Gasteiger partial charge in [-0.25, -0.2) is 18.4 Å². The summed E-state index contributed by atoms with van der Waals surface area (Å²) in [4.78, 5) is 7.88. The highest BCUT2D eigenvalue weighted by atomic mass is 35.5. The van der Waals surface area contributed by atoms with Gasteiger partial charge < -0.3 is 4.74 Å². The van der Waals surface area contributed by atoms with E-state index in [-0.39, 0.29) is 37.9 Å². The Labute approximate surface area is 208 Å². The van der Waals surface area contributed by atoms with Crippen molar-refractivity contribution in [2.75, 3.05) is 4.72 Å². The second kappa shape index (κ2) is 9.29. The number of rotatable bonds is 6. The molecule has 4 rings (SSSR count). The molecule has 0 amide bonds. The number of halogens is 4. The SMILES string of the molecule is Cc1nn(C)c(Cl)c1S(=O)(=O)Nc1nc2ccccc2nc1OC(c1ccc(C#N)cc1)C(F)(F)F. The maximum atomic E-state index is 14.0. The number of aryl methyl sites for hydroxylation is 2. The molecule has 0 aliphatic rings. The predicted molar refractivity (Wildman–Crippen MR) is 124 cm³/mol. The molecule has 1 unspecified atom stereocenters. The number of fused-ring (bicyclic) bond motifs is 1. The van der Waals surface area contributed by atoms with Gasteiger partial charge in [-0.2, -0.15) is 23.5 Å². The fraction of sp³-hybridized carbons (Fsp3) is 0.182. The lowest BCUT2D eigenvalue weighted by atomic mass is 10.1. The first-order chi connectivity index (χ1) is 16.9. The normalized spacial score (nSPS) is 12.8. The summed E-state index contributed by atoms with van der Waals surface area (Å²) in [6, 6.07) is 12.6. The third-order valence-electron chi connectivity index (χ3n) is 5.01. The Morgan fingerprint density at radius 1 is 1.11 bits per heavy atom. The van der Waals surface area contributed by atoms with Gasteiger partial charge >= 0.3 is 6.18 Å². The second-order valence-corrected chi connectivity index (χ2v) is 9.55. The van der Waals surface area contributed by atoms with E-state index in [1.165, 1.54) is 38.2 Å². The Morgan fingerprint density at radius 2 is 1.72 bits per heavy atom. The van der Waals surface area contributed by atoms with Crippen LogP contribution in [0.3, 0.4) is 0 Å². The summed E-state index contributed by atoms with van der Waals surface area (Å²) in [6.07, 6.45) is -7.45. The fourth-order valence-corrected chi connectivity index (χ4v) is 5.15. The van der Waals surface area contributed by atoms with Crippen molar-refractivity contribution in [3.05, 3.63) is 70.5 Å². The molecule has 2 heterocycles. The summed E-state index contributed by atoms with van der Waals surface area (Å²) in [5, 5.41) is 12.7. The largest absolute Gasteiger partial charge is 0.457 e. The predicted octanol–water partition coefficient (Wildman–Crippen LogP) is 4.68. The average molecular weight is 537 g/mol. The van der Waals surface area contributed by atoms with Gasteiger partial charge in [-0.15, -0.1) is 0 Å². The van der Waals surface area contributed by atoms with E-state index in [4.69, 9.17) is 21.6 Å². The number of nitriles is 1. The van der Waals surface area contributed by atoms with Crippen molar-refractivity contribution in [3.8, 4) is 11.9 Å². The Bertz CT molecular complexity index is 1600. The number of para-hydroxylation sites is 2. The van der Waals surface area contributed by atoms with Crippen LogP contribution in [-0.2, 0) is 17.1 Å². The Hall–Kier alpha value is -3.89. The van der Waals surface area contributed by atoms with Gasteiger partial charge in [0.15, 0.2) is 0 Å². The molecule has 2 aromatic heterocycles. The topological polar surface area (TPSA) is 123 Å². The molecule has 186 valence electrons. The van der Waals surface area contributed by atoms with Crippen LogP contribution in [0.15, 0.2) is 53.4 Å². The van der Waals surface area contributed by atoms with Crippen LogP contribution in [0.4, 0.5) is 19.0 Å². The summed E-state index contributed by atoms with van der Waals surface area (Å²) < 4.78 is 76.9. The van der Waals surface area contributed by atoms with E-state index in [9.17, 15) is 21.6 Å². The summed E-state index contributed by atoms with van der Waals surface area (Å²) in [7, 11) is -3.02. The zero-order chi connectivity index (χ0) is 26.3. The van der Waals surface area contributed by atoms with E-state index in [1.807, 2.05) is 6.07 Å². The van der Waals surface area contributed by atoms with Crippen LogP contribution < -0.4 is 9.46 Å². The highest BCUT2D eigenvalue weighted by Crippen LogP contribution is 2.39. The Morgan fingerprint density at radius 3 is 2.25 bits per heavy atom. The van der Waals surface area contributed by atoms with Gasteiger partial charge in [0.2, 0.25) is 11.9 Å². The first-order valence-corrected chi connectivity index (χ1v) is 12.0. The molecule has 9 nitrogen and oxygen atoms in total. The second-order valence-electron chi connectivity index (χ2n) is 7.57. The molecule has 0 spiro atoms. The maximum Gasteiger partial charge on any atom is 0.429 e. The van der Waals surface area contributed by atoms with E-state index >= 15 is 0 Å². The summed E-state index contributed by atoms with van der Waals surface area (Å²) >= 11 is 6.09. The monoisotopic (exact) mass is 536 g/mol. The summed E-state index contributed by atoms with van der Waals surface area (Å²) in [5.74, 6) is -1.28. The van der Waals surface area contributed by atoms with Crippen molar-refractivity contribution in [1.82, 2.24) is 19.7 Å². The van der Waals surface area contributed by atoms with E-state index < -0.39 is 34.0 Å². The number of alkyl halides is 3. The number of nitrogens with zero attached hydrogens (tertiary/aromatic N) is 5. The van der Waals surface area contributed by atoms with Gasteiger partial charge in [-0.05, 0) is 31.2 Å². The van der Waals surface area contributed by atoms with Crippen molar-refractivity contribution in [3.63, 3.8) is 0 Å². The van der Waals surface area contributed by atoms with E-state index in [2.05, 4.69) is 19.8 Å². The number of aromatic nitrogens is 4. The van der Waals surface area contributed by atoms with Crippen LogP contribution in [0.2, 0.25) is 5.15 Å². The molecule has 0 saturated carbocycles. The molecule has 0 saturated heterocycles. The van der Waals surface area contributed by atoms with Gasteiger partial charge in [-0.1, -0.05) is 35.9 Å². The first kappa shape index (κ1) is 25.2. The van der Waals surface area contributed by atoms with Crippen LogP contribution >= 0.6 is 11.6 Å². The molecule has 4 aromatic rings. The minimum absolute atomic E-state index is 0.0666. The zero-order valence-corrected chi connectivity index (χ0v) is 20.1. The highest BCUT2D eigenvalue weighted by molar-refractivity contribution is 7.92. The van der Waals surface area contributed by atoms with Crippen LogP contribution in [-0.4, -0.2) is 34.3 Å². The molecular formula is C22H16ClF3N6O3S. The number of hydrogen-bond acceptors (Lipinski definition) is 7. The van der Waals surface area contributed by atoms with Crippen molar-refractivity contribution >= 4 is 38.5 Å². The lowest BCUT2D eigenvalue weighted by Gasteiger charge is -2.23. The van der Waals surface area contributed by atoms with Crippen LogP contribution in [0.25, 0.3) is 11.0 Å². The van der Waals surface area contributed by atoms with Gasteiger partial charge in [-0.3, -0.25) is 9.40 Å². The molecule has 2 aromatic carbocycles. The minimum atomic E-state index is -4.92. The standard InChI is InChI=1S/C22H16ClF3N6O3S/c1-12-17(19(23)32(2)30-12)36(33,34)31-20-21(29-16-6-4-3-5-15(16)28-20)35-18(22(24,25)26)14-9-7-13(11-27)8-10-14/h3-10,18H,1-2H3,(H,28,31). The Balaban J connectivity index is 1.83. The molecule has 14 heteroatoms. The van der Waals surface area contributed by atoms with Gasteiger partial charge in [0.05, 0.1) is 28.4 Å². The maximum absolute atomic E-state index is 14.0. The molecule has 0 radical (unpaired) electrons. The minimum Gasteiger partial charge on any atom is -0.457 e. The molecule has 0 aliphatic heterocycles. The van der Waals surface area contributed by atoms with Gasteiger partial charge in [0, 0.05) is 12.6 Å². The first-order valence-electron chi connectivity index (χ1n) is 10.1. The van der Waals surface area contributed by atoms with E-state index in [0.29, 0.717) is 0 Å². The molecule has 1 N–H and O–H groups in total. The average Bonchev–Trinajstić information content (AvgIpc) is 3.08. The fourth-order valence-electron chi connectivity index (χ4n) is 3.39. The lowest BCUT2D eigenvalue weighted by Crippen LogP contribution is -2.27. The number of sulfonamides is 1. The highest BCUT2D eigenvalue weighted by Gasteiger charge is 2.44. The molecule has 36 heavy (non-hydrogen) atoms. The van der Waals surface area contributed by atoms with Crippen LogP contribution in [0, 0.1) is 18.3 Å². The molecule has 0 aliphatic carbocycles. The summed E-state index contributed by atoms with van der Waals surface area (Å²) in [5.41, 5.74) is 0.279. The van der Waals surface area contributed by atoms with Gasteiger partial charge in [0.25, 0.3) is 15.9 Å². The lowest BCUT2D eigenvalue weighted by molar-refractivity contribution is -0.198. The van der Waals surface area contributed by atoms with E-state index in [0.717, 1.165) is 16.8 Å². The third kappa shape index (κ3) is 4.91. The van der Waals surface area contributed by atoms with Crippen molar-refractivity contribution in [2.24, 2.45) is 7.05 Å². The van der Waals surface area contributed by atoms with Crippen LogP contribution in [0.5, 0.6) is 5.88 Å². The van der Waals surface area contributed by atoms with Crippen molar-refractivity contribution in [2.45, 2.75) is 24.1 Å². The zero-order valence-electron chi connectivity index (χ0n) is 18.6.